The summed E-state index contributed by atoms with van der Waals surface area (Å²) < 4.78 is 5.77. The van der Waals surface area contributed by atoms with E-state index in [0.717, 1.165) is 55.3 Å². The molecule has 1 aromatic rings. The quantitative estimate of drug-likeness (QED) is 0.202. The molecule has 0 saturated heterocycles. The van der Waals surface area contributed by atoms with Crippen molar-refractivity contribution in [1.29, 1.82) is 0 Å². The number of carbonyl (C=O) groups excluding carboxylic acids is 1. The summed E-state index contributed by atoms with van der Waals surface area (Å²) in [5.41, 5.74) is 1.29. The maximum absolute atomic E-state index is 12.8. The van der Waals surface area contributed by atoms with E-state index in [1.807, 2.05) is 12.1 Å². The number of ether oxygens (including phenoxy) is 1. The molecule has 0 spiro atoms. The van der Waals surface area contributed by atoms with Crippen molar-refractivity contribution < 1.29 is 9.53 Å². The average molecular weight is 477 g/mol. The van der Waals surface area contributed by atoms with Crippen molar-refractivity contribution in [1.82, 2.24) is 0 Å². The van der Waals surface area contributed by atoms with Gasteiger partial charge in [-0.2, -0.15) is 0 Å². The van der Waals surface area contributed by atoms with Crippen LogP contribution >= 0.6 is 0 Å². The Hall–Kier alpha value is -1.83. The minimum atomic E-state index is -0.00920. The number of carbonyl (C=O) groups is 1. The molecule has 3 aliphatic rings. The molecule has 4 rings (SSSR count). The molecule has 3 saturated carbocycles. The minimum Gasteiger partial charge on any atom is -0.426 e. The Bertz CT molecular complexity index is 827. The number of aryl methyl sites for hydroxylation is 1. The Balaban J connectivity index is 1.18. The molecule has 2 nitrogen and oxygen atoms in total. The maximum Gasteiger partial charge on any atom is 0.314 e. The first-order valence-electron chi connectivity index (χ1n) is 14.7. The summed E-state index contributed by atoms with van der Waals surface area (Å²) >= 11 is 0. The summed E-state index contributed by atoms with van der Waals surface area (Å²) in [6.45, 7) is 4.19. The molecule has 4 atom stereocenters. The molecule has 0 bridgehead atoms. The zero-order chi connectivity index (χ0) is 24.5. The van der Waals surface area contributed by atoms with Gasteiger partial charge in [0.05, 0.1) is 5.92 Å². The summed E-state index contributed by atoms with van der Waals surface area (Å²) in [6.07, 6.45) is 26.8. The van der Waals surface area contributed by atoms with Crippen molar-refractivity contribution in [3.63, 3.8) is 0 Å². The number of rotatable bonds is 9. The van der Waals surface area contributed by atoms with Gasteiger partial charge in [0, 0.05) is 0 Å². The van der Waals surface area contributed by atoms with Crippen molar-refractivity contribution in [2.75, 3.05) is 0 Å². The van der Waals surface area contributed by atoms with Gasteiger partial charge < -0.3 is 4.74 Å². The van der Waals surface area contributed by atoms with Crippen LogP contribution in [0.25, 0.3) is 0 Å². The number of hydrogen-bond acceptors (Lipinski definition) is 2. The first kappa shape index (κ1) is 26.2. The van der Waals surface area contributed by atoms with Gasteiger partial charge in [-0.25, -0.2) is 0 Å². The maximum atomic E-state index is 12.8. The number of allylic oxidation sites excluding steroid dienone is 4. The molecule has 0 N–H and O–H groups in total. The second-order valence-corrected chi connectivity index (χ2v) is 11.7. The van der Waals surface area contributed by atoms with Crippen molar-refractivity contribution in [3.8, 4) is 5.75 Å². The molecule has 2 heteroatoms. The predicted octanol–water partition coefficient (Wildman–Crippen LogP) is 9.10. The Morgan fingerprint density at radius 1 is 0.771 bits per heavy atom. The molecule has 0 aromatic heterocycles. The topological polar surface area (TPSA) is 26.3 Å². The van der Waals surface area contributed by atoms with Gasteiger partial charge in [0.15, 0.2) is 0 Å². The summed E-state index contributed by atoms with van der Waals surface area (Å²) in [7, 11) is 0. The van der Waals surface area contributed by atoms with Crippen LogP contribution in [0.5, 0.6) is 5.75 Å². The molecule has 1 aromatic carbocycles. The van der Waals surface area contributed by atoms with Crippen LogP contribution in [0.1, 0.15) is 103 Å². The van der Waals surface area contributed by atoms with Gasteiger partial charge in [-0.3, -0.25) is 4.79 Å². The van der Waals surface area contributed by atoms with Crippen molar-refractivity contribution in [2.24, 2.45) is 35.5 Å². The SMILES string of the molecule is C/C=C/CCc1ccc(OC(=O)C2CCC(C3CCC4CC(CC/C=C/C)CCC4C3)CC2)cc1. The minimum absolute atomic E-state index is 0.00920. The third-order valence-corrected chi connectivity index (χ3v) is 9.49. The normalized spacial score (nSPS) is 31.5. The lowest BCUT2D eigenvalue weighted by Gasteiger charge is -2.45. The smallest absolute Gasteiger partial charge is 0.314 e. The molecular formula is C33H48O2. The van der Waals surface area contributed by atoms with E-state index >= 15 is 0 Å². The number of hydrogen-bond donors (Lipinski definition) is 0. The summed E-state index contributed by atoms with van der Waals surface area (Å²) in [5.74, 6) is 5.47. The molecule has 4 unspecified atom stereocenters. The lowest BCUT2D eigenvalue weighted by atomic mass is 9.60. The Kier molecular flexibility index (Phi) is 10.1. The van der Waals surface area contributed by atoms with Crippen LogP contribution in [-0.2, 0) is 11.2 Å². The highest BCUT2D eigenvalue weighted by atomic mass is 16.5. The highest BCUT2D eigenvalue weighted by Crippen LogP contribution is 2.49. The summed E-state index contributed by atoms with van der Waals surface area (Å²) in [5, 5.41) is 0. The van der Waals surface area contributed by atoms with Crippen molar-refractivity contribution in [3.05, 3.63) is 54.1 Å². The van der Waals surface area contributed by atoms with Crippen LogP contribution in [0.2, 0.25) is 0 Å². The van der Waals surface area contributed by atoms with Gasteiger partial charge in [0.1, 0.15) is 5.75 Å². The molecule has 0 amide bonds. The van der Waals surface area contributed by atoms with Crippen molar-refractivity contribution in [2.45, 2.75) is 104 Å². The van der Waals surface area contributed by atoms with Crippen LogP contribution in [0.3, 0.4) is 0 Å². The van der Waals surface area contributed by atoms with Crippen LogP contribution in [0, 0.1) is 35.5 Å². The number of benzene rings is 1. The highest BCUT2D eigenvalue weighted by molar-refractivity contribution is 5.75. The fourth-order valence-corrected chi connectivity index (χ4v) is 7.38. The lowest BCUT2D eigenvalue weighted by molar-refractivity contribution is -0.140. The Morgan fingerprint density at radius 2 is 1.37 bits per heavy atom. The predicted molar refractivity (Wildman–Crippen MR) is 146 cm³/mol. The van der Waals surface area contributed by atoms with E-state index in [-0.39, 0.29) is 11.9 Å². The van der Waals surface area contributed by atoms with E-state index in [1.54, 1.807) is 0 Å². The molecule has 0 heterocycles. The summed E-state index contributed by atoms with van der Waals surface area (Å²) in [6, 6.07) is 8.11. The van der Waals surface area contributed by atoms with E-state index in [0.29, 0.717) is 5.75 Å². The monoisotopic (exact) mass is 476 g/mol. The van der Waals surface area contributed by atoms with Gasteiger partial charge in [0.2, 0.25) is 0 Å². The fraction of sp³-hybridized carbons (Fsp3) is 0.667. The van der Waals surface area contributed by atoms with Crippen LogP contribution < -0.4 is 4.74 Å². The first-order valence-corrected chi connectivity index (χ1v) is 14.7. The third-order valence-electron chi connectivity index (χ3n) is 9.49. The highest BCUT2D eigenvalue weighted by Gasteiger charge is 2.39. The van der Waals surface area contributed by atoms with Gasteiger partial charge in [0.25, 0.3) is 0 Å². The van der Waals surface area contributed by atoms with Crippen LogP contribution in [0.4, 0.5) is 0 Å². The number of fused-ring (bicyclic) bond motifs is 1. The molecule has 35 heavy (non-hydrogen) atoms. The van der Waals surface area contributed by atoms with E-state index in [1.165, 1.54) is 69.8 Å². The standard InChI is InChI=1S/C33H48O2/c1-3-5-7-9-25-12-21-32(22-13-25)35-33(34)28-17-15-27(16-18-28)30-20-19-29-23-26(10-8-6-4-2)11-14-31(29)24-30/h3-6,12-13,21-22,26-31H,7-11,14-20,23-24H2,1-2H3/b5-3+,6-4+. The average Bonchev–Trinajstić information content (AvgIpc) is 2.90. The second kappa shape index (κ2) is 13.5. The van der Waals surface area contributed by atoms with Gasteiger partial charge in [-0.1, -0.05) is 42.9 Å². The van der Waals surface area contributed by atoms with Gasteiger partial charge >= 0.3 is 5.97 Å². The van der Waals surface area contributed by atoms with Crippen molar-refractivity contribution >= 4 is 5.97 Å². The lowest BCUT2D eigenvalue weighted by Crippen LogP contribution is -2.35. The molecule has 0 aliphatic heterocycles. The zero-order valence-corrected chi connectivity index (χ0v) is 22.3. The second-order valence-electron chi connectivity index (χ2n) is 11.7. The third kappa shape index (κ3) is 7.58. The molecular weight excluding hydrogens is 428 g/mol. The van der Waals surface area contributed by atoms with Crippen LogP contribution in [0.15, 0.2) is 48.6 Å². The molecule has 192 valence electrons. The zero-order valence-electron chi connectivity index (χ0n) is 22.3. The van der Waals surface area contributed by atoms with E-state index < -0.39 is 0 Å². The largest absolute Gasteiger partial charge is 0.426 e. The first-order chi connectivity index (χ1) is 17.2. The Labute approximate surface area is 214 Å². The molecule has 3 fully saturated rings. The van der Waals surface area contributed by atoms with Gasteiger partial charge in [-0.15, -0.1) is 0 Å². The van der Waals surface area contributed by atoms with Crippen LogP contribution in [-0.4, -0.2) is 5.97 Å². The van der Waals surface area contributed by atoms with Gasteiger partial charge in [-0.05, 0) is 145 Å². The van der Waals surface area contributed by atoms with E-state index in [2.05, 4.69) is 50.3 Å². The summed E-state index contributed by atoms with van der Waals surface area (Å²) in [4.78, 5) is 12.8. The van der Waals surface area contributed by atoms with E-state index in [9.17, 15) is 4.79 Å². The number of esters is 1. The molecule has 0 radical (unpaired) electrons. The molecule has 3 aliphatic carbocycles. The fourth-order valence-electron chi connectivity index (χ4n) is 7.38. The Morgan fingerprint density at radius 3 is 2.09 bits per heavy atom. The van der Waals surface area contributed by atoms with E-state index in [4.69, 9.17) is 4.74 Å².